The van der Waals surface area contributed by atoms with Gasteiger partial charge in [-0.2, -0.15) is 0 Å². The molecule has 2 heterocycles. The third-order valence-electron chi connectivity index (χ3n) is 4.20. The molecule has 1 amide bonds. The Morgan fingerprint density at radius 3 is 3.00 bits per heavy atom. The van der Waals surface area contributed by atoms with Crippen LogP contribution in [0.5, 0.6) is 0 Å². The van der Waals surface area contributed by atoms with Gasteiger partial charge in [0, 0.05) is 29.0 Å². The number of hydrogen-bond donors (Lipinski definition) is 0. The first-order valence-electron chi connectivity index (χ1n) is 8.52. The number of rotatable bonds is 7. The van der Waals surface area contributed by atoms with E-state index in [1.54, 1.807) is 23.1 Å². The first-order chi connectivity index (χ1) is 12.6. The van der Waals surface area contributed by atoms with Gasteiger partial charge in [-0.3, -0.25) is 9.69 Å². The first-order valence-corrected chi connectivity index (χ1v) is 10.2. The van der Waals surface area contributed by atoms with E-state index in [2.05, 4.69) is 11.6 Å². The molecule has 0 bridgehead atoms. The molecule has 0 aliphatic carbocycles. The number of halogens is 2. The second-order valence-electron chi connectivity index (χ2n) is 6.11. The summed E-state index contributed by atoms with van der Waals surface area (Å²) in [5, 5.41) is 3.69. The van der Waals surface area contributed by atoms with Crippen LogP contribution in [0.1, 0.15) is 25.7 Å². The van der Waals surface area contributed by atoms with E-state index in [1.165, 1.54) is 11.3 Å². The zero-order valence-corrected chi connectivity index (χ0v) is 16.6. The highest BCUT2D eigenvalue weighted by atomic mass is 35.5. The van der Waals surface area contributed by atoms with Crippen LogP contribution in [0.15, 0.2) is 36.2 Å². The zero-order valence-electron chi connectivity index (χ0n) is 14.3. The molecule has 1 aromatic heterocycles. The predicted octanol–water partition coefficient (Wildman–Crippen LogP) is 5.60. The molecule has 0 spiro atoms. The molecule has 2 aromatic rings. The largest absolute Gasteiger partial charge is 0.376 e. The monoisotopic (exact) mass is 410 g/mol. The first kappa shape index (κ1) is 19.4. The summed E-state index contributed by atoms with van der Waals surface area (Å²) in [7, 11) is 0. The lowest BCUT2D eigenvalue weighted by atomic mass is 10.2. The van der Waals surface area contributed by atoms with Crippen LogP contribution in [0.4, 0.5) is 5.13 Å². The van der Waals surface area contributed by atoms with Gasteiger partial charge in [-0.15, -0.1) is 17.9 Å². The number of allylic oxidation sites excluding steroid dienone is 1. The average molecular weight is 411 g/mol. The van der Waals surface area contributed by atoms with E-state index in [0.29, 0.717) is 34.6 Å². The fourth-order valence-electron chi connectivity index (χ4n) is 2.85. The predicted molar refractivity (Wildman–Crippen MR) is 108 cm³/mol. The van der Waals surface area contributed by atoms with Crippen molar-refractivity contribution in [3.8, 4) is 11.3 Å². The summed E-state index contributed by atoms with van der Waals surface area (Å²) in [5.74, 6) is 0.0310. The SMILES string of the molecule is C=CCCC(=O)N(C[C@@H]1CCCO1)c1nc(-c2ccc(Cl)cc2Cl)cs1. The fraction of sp³-hybridized carbons (Fsp3) is 0.368. The summed E-state index contributed by atoms with van der Waals surface area (Å²) in [6.07, 6.45) is 4.86. The lowest BCUT2D eigenvalue weighted by Crippen LogP contribution is -2.37. The van der Waals surface area contributed by atoms with Gasteiger partial charge >= 0.3 is 0 Å². The molecule has 1 atom stereocenters. The van der Waals surface area contributed by atoms with Crippen LogP contribution >= 0.6 is 34.5 Å². The van der Waals surface area contributed by atoms with Crippen molar-refractivity contribution in [2.75, 3.05) is 18.1 Å². The number of nitrogens with zero attached hydrogens (tertiary/aromatic N) is 2. The number of aromatic nitrogens is 1. The minimum absolute atomic E-state index is 0.0310. The van der Waals surface area contributed by atoms with Crippen molar-refractivity contribution in [2.24, 2.45) is 0 Å². The highest BCUT2D eigenvalue weighted by Gasteiger charge is 2.25. The number of amides is 1. The molecular formula is C19H20Cl2N2O2S. The van der Waals surface area contributed by atoms with Gasteiger partial charge < -0.3 is 4.74 Å². The summed E-state index contributed by atoms with van der Waals surface area (Å²) >= 11 is 13.7. The van der Waals surface area contributed by atoms with Crippen LogP contribution < -0.4 is 4.90 Å². The molecule has 0 N–H and O–H groups in total. The van der Waals surface area contributed by atoms with Gasteiger partial charge in [-0.1, -0.05) is 29.3 Å². The van der Waals surface area contributed by atoms with E-state index in [1.807, 2.05) is 11.4 Å². The molecule has 1 aliphatic rings. The maximum atomic E-state index is 12.7. The van der Waals surface area contributed by atoms with Gasteiger partial charge in [0.05, 0.1) is 23.4 Å². The lowest BCUT2D eigenvalue weighted by molar-refractivity contribution is -0.118. The van der Waals surface area contributed by atoms with E-state index in [-0.39, 0.29) is 12.0 Å². The van der Waals surface area contributed by atoms with Crippen molar-refractivity contribution in [2.45, 2.75) is 31.8 Å². The molecule has 3 rings (SSSR count). The van der Waals surface area contributed by atoms with E-state index >= 15 is 0 Å². The number of thiazole rings is 1. The molecule has 26 heavy (non-hydrogen) atoms. The third kappa shape index (κ3) is 4.65. The minimum Gasteiger partial charge on any atom is -0.376 e. The maximum Gasteiger partial charge on any atom is 0.229 e. The van der Waals surface area contributed by atoms with Gasteiger partial charge in [-0.05, 0) is 37.5 Å². The van der Waals surface area contributed by atoms with Crippen molar-refractivity contribution in [1.29, 1.82) is 0 Å². The smallest absolute Gasteiger partial charge is 0.229 e. The fourth-order valence-corrected chi connectivity index (χ4v) is 4.20. The Hall–Kier alpha value is -1.40. The van der Waals surface area contributed by atoms with Crippen LogP contribution in [0.2, 0.25) is 10.0 Å². The Kier molecular flexibility index (Phi) is 6.70. The number of carbonyl (C=O) groups excluding carboxylic acids is 1. The molecule has 0 radical (unpaired) electrons. The number of ether oxygens (including phenoxy) is 1. The summed E-state index contributed by atoms with van der Waals surface area (Å²) in [4.78, 5) is 19.1. The van der Waals surface area contributed by atoms with Gasteiger partial charge in [0.25, 0.3) is 0 Å². The Bertz CT molecular complexity index is 788. The summed E-state index contributed by atoms with van der Waals surface area (Å²) < 4.78 is 5.71. The summed E-state index contributed by atoms with van der Waals surface area (Å²) in [6.45, 7) is 4.97. The summed E-state index contributed by atoms with van der Waals surface area (Å²) in [6, 6.07) is 5.31. The Morgan fingerprint density at radius 2 is 2.31 bits per heavy atom. The Morgan fingerprint density at radius 1 is 1.46 bits per heavy atom. The van der Waals surface area contributed by atoms with E-state index in [0.717, 1.165) is 30.7 Å². The maximum absolute atomic E-state index is 12.7. The molecule has 0 saturated carbocycles. The average Bonchev–Trinajstić information content (AvgIpc) is 3.29. The van der Waals surface area contributed by atoms with Gasteiger partial charge in [0.15, 0.2) is 5.13 Å². The highest BCUT2D eigenvalue weighted by molar-refractivity contribution is 7.14. The quantitative estimate of drug-likeness (QED) is 0.558. The minimum atomic E-state index is 0.0310. The van der Waals surface area contributed by atoms with E-state index < -0.39 is 0 Å². The van der Waals surface area contributed by atoms with Crippen LogP contribution in [0.3, 0.4) is 0 Å². The van der Waals surface area contributed by atoms with Gasteiger partial charge in [0.2, 0.25) is 5.91 Å². The molecule has 1 saturated heterocycles. The molecule has 4 nitrogen and oxygen atoms in total. The van der Waals surface area contributed by atoms with Gasteiger partial charge in [-0.25, -0.2) is 4.98 Å². The number of benzene rings is 1. The lowest BCUT2D eigenvalue weighted by Gasteiger charge is -2.23. The van der Waals surface area contributed by atoms with E-state index in [9.17, 15) is 4.79 Å². The van der Waals surface area contributed by atoms with Crippen LogP contribution in [0, 0.1) is 0 Å². The van der Waals surface area contributed by atoms with E-state index in [4.69, 9.17) is 27.9 Å². The molecule has 0 unspecified atom stereocenters. The Balaban J connectivity index is 1.84. The van der Waals surface area contributed by atoms with Crippen molar-refractivity contribution in [3.63, 3.8) is 0 Å². The standard InChI is InChI=1S/C19H20Cl2N2O2S/c1-2-3-6-18(24)23(11-14-5-4-9-25-14)19-22-17(12-26-19)15-8-7-13(20)10-16(15)21/h2,7-8,10,12,14H,1,3-6,9,11H2/t14-/m0/s1. The number of carbonyl (C=O) groups is 1. The number of anilines is 1. The van der Waals surface area contributed by atoms with Crippen molar-refractivity contribution in [3.05, 3.63) is 46.3 Å². The molecule has 1 aromatic carbocycles. The highest BCUT2D eigenvalue weighted by Crippen LogP contribution is 2.34. The molecular weight excluding hydrogens is 391 g/mol. The second kappa shape index (κ2) is 9.00. The third-order valence-corrected chi connectivity index (χ3v) is 5.62. The molecule has 1 fully saturated rings. The normalized spacial score (nSPS) is 16.6. The summed E-state index contributed by atoms with van der Waals surface area (Å²) in [5.41, 5.74) is 1.54. The molecule has 1 aliphatic heterocycles. The Labute approximate surface area is 167 Å². The number of hydrogen-bond acceptors (Lipinski definition) is 4. The van der Waals surface area contributed by atoms with Crippen molar-refractivity contribution >= 4 is 45.6 Å². The topological polar surface area (TPSA) is 42.4 Å². The van der Waals surface area contributed by atoms with Gasteiger partial charge in [0.1, 0.15) is 0 Å². The van der Waals surface area contributed by atoms with Crippen LogP contribution in [-0.2, 0) is 9.53 Å². The van der Waals surface area contributed by atoms with Crippen molar-refractivity contribution in [1.82, 2.24) is 4.98 Å². The van der Waals surface area contributed by atoms with Crippen LogP contribution in [0.25, 0.3) is 11.3 Å². The van der Waals surface area contributed by atoms with Crippen LogP contribution in [-0.4, -0.2) is 30.1 Å². The molecule has 7 heteroatoms. The second-order valence-corrected chi connectivity index (χ2v) is 7.79. The zero-order chi connectivity index (χ0) is 18.5. The van der Waals surface area contributed by atoms with Crippen molar-refractivity contribution < 1.29 is 9.53 Å². The molecule has 138 valence electrons.